The van der Waals surface area contributed by atoms with Gasteiger partial charge in [-0.2, -0.15) is 0 Å². The summed E-state index contributed by atoms with van der Waals surface area (Å²) in [5.74, 6) is 0.0000175. The van der Waals surface area contributed by atoms with E-state index in [4.69, 9.17) is 4.74 Å². The Balaban J connectivity index is 1.53. The molecule has 0 spiro atoms. The lowest BCUT2D eigenvalue weighted by atomic mass is 10.00. The maximum absolute atomic E-state index is 12.5. The highest BCUT2D eigenvalue weighted by Crippen LogP contribution is 2.24. The second kappa shape index (κ2) is 8.86. The minimum absolute atomic E-state index is 0.0000175. The van der Waals surface area contributed by atoms with E-state index in [1.807, 2.05) is 25.1 Å². The molecule has 0 saturated carbocycles. The Morgan fingerprint density at radius 1 is 1.07 bits per heavy atom. The Morgan fingerprint density at radius 3 is 2.52 bits per heavy atom. The van der Waals surface area contributed by atoms with Crippen molar-refractivity contribution >= 4 is 22.8 Å². The molecule has 1 N–H and O–H groups in total. The second-order valence-electron chi connectivity index (χ2n) is 6.82. The van der Waals surface area contributed by atoms with E-state index < -0.39 is 0 Å². The number of ether oxygens (including phenoxy) is 1. The fourth-order valence-electron chi connectivity index (χ4n) is 3.50. The van der Waals surface area contributed by atoms with Crippen LogP contribution in [0.15, 0.2) is 42.5 Å². The number of piperazine rings is 1. The molecule has 1 saturated heterocycles. The predicted octanol–water partition coefficient (Wildman–Crippen LogP) is 2.79. The van der Waals surface area contributed by atoms with Gasteiger partial charge in [0.05, 0.1) is 19.2 Å². The van der Waals surface area contributed by atoms with E-state index >= 15 is 0 Å². The highest BCUT2D eigenvalue weighted by Gasteiger charge is 2.23. The summed E-state index contributed by atoms with van der Waals surface area (Å²) in [7, 11) is 0. The molecule has 0 bridgehead atoms. The molecule has 2 aromatic carbocycles. The number of nitrogens with one attached hydrogen (secondary N) is 1. The summed E-state index contributed by atoms with van der Waals surface area (Å²) in [6.07, 6.45) is -0.272. The van der Waals surface area contributed by atoms with Crippen LogP contribution in [-0.2, 0) is 9.53 Å². The summed E-state index contributed by atoms with van der Waals surface area (Å²) < 4.78 is 5.02. The zero-order chi connectivity index (χ0) is 19.2. The average Bonchev–Trinajstić information content (AvgIpc) is 2.68. The van der Waals surface area contributed by atoms with Crippen LogP contribution in [0.5, 0.6) is 0 Å². The van der Waals surface area contributed by atoms with Gasteiger partial charge >= 0.3 is 6.09 Å². The van der Waals surface area contributed by atoms with Crippen LogP contribution in [0.4, 0.5) is 4.79 Å². The van der Waals surface area contributed by atoms with Crippen LogP contribution in [0.2, 0.25) is 0 Å². The van der Waals surface area contributed by atoms with Gasteiger partial charge in [0.15, 0.2) is 0 Å². The lowest BCUT2D eigenvalue weighted by Crippen LogP contribution is -2.51. The van der Waals surface area contributed by atoms with Crippen molar-refractivity contribution < 1.29 is 14.3 Å². The molecule has 6 nitrogen and oxygen atoms in total. The zero-order valence-corrected chi connectivity index (χ0v) is 16.0. The molecule has 0 aliphatic carbocycles. The van der Waals surface area contributed by atoms with Crippen LogP contribution in [-0.4, -0.2) is 61.1 Å². The normalized spacial score (nSPS) is 16.1. The molecule has 0 aromatic heterocycles. The molecule has 1 unspecified atom stereocenters. The predicted molar refractivity (Wildman–Crippen MR) is 106 cm³/mol. The average molecular weight is 369 g/mol. The summed E-state index contributed by atoms with van der Waals surface area (Å²) in [6.45, 7) is 7.06. The number of amides is 2. The molecule has 144 valence electrons. The molecule has 6 heteroatoms. The van der Waals surface area contributed by atoms with Crippen molar-refractivity contribution in [2.75, 3.05) is 39.3 Å². The Labute approximate surface area is 160 Å². The number of rotatable bonds is 5. The van der Waals surface area contributed by atoms with E-state index in [9.17, 15) is 9.59 Å². The number of carbonyl (C=O) groups is 2. The van der Waals surface area contributed by atoms with E-state index in [2.05, 4.69) is 34.5 Å². The number of carbonyl (C=O) groups excluding carboxylic acids is 2. The summed E-state index contributed by atoms with van der Waals surface area (Å²) in [4.78, 5) is 28.0. The number of nitrogens with zero attached hydrogens (tertiary/aromatic N) is 2. The SMILES string of the molecule is CCOC(=O)N1CCN(CC(=O)NC(C)c2cccc3ccccc23)CC1. The summed E-state index contributed by atoms with van der Waals surface area (Å²) in [5.41, 5.74) is 1.12. The van der Waals surface area contributed by atoms with Crippen molar-refractivity contribution in [2.45, 2.75) is 19.9 Å². The zero-order valence-electron chi connectivity index (χ0n) is 16.0. The Hall–Kier alpha value is -2.60. The smallest absolute Gasteiger partial charge is 0.409 e. The highest BCUT2D eigenvalue weighted by molar-refractivity contribution is 5.87. The van der Waals surface area contributed by atoms with Gasteiger partial charge in [-0.15, -0.1) is 0 Å². The lowest BCUT2D eigenvalue weighted by Gasteiger charge is -2.33. The highest BCUT2D eigenvalue weighted by atomic mass is 16.6. The molecule has 1 heterocycles. The van der Waals surface area contributed by atoms with E-state index in [1.165, 1.54) is 5.39 Å². The van der Waals surface area contributed by atoms with Gasteiger partial charge < -0.3 is 15.0 Å². The molecule has 3 rings (SSSR count). The standard InChI is InChI=1S/C21H27N3O3/c1-3-27-21(26)24-13-11-23(12-14-24)15-20(25)22-16(2)18-10-6-8-17-7-4-5-9-19(17)18/h4-10,16H,3,11-15H2,1-2H3,(H,22,25). The van der Waals surface area contributed by atoms with Crippen LogP contribution >= 0.6 is 0 Å². The second-order valence-corrected chi connectivity index (χ2v) is 6.82. The monoisotopic (exact) mass is 369 g/mol. The maximum Gasteiger partial charge on any atom is 0.409 e. The van der Waals surface area contributed by atoms with Gasteiger partial charge in [-0.05, 0) is 30.2 Å². The van der Waals surface area contributed by atoms with Crippen molar-refractivity contribution in [1.82, 2.24) is 15.1 Å². The fourth-order valence-corrected chi connectivity index (χ4v) is 3.50. The molecular weight excluding hydrogens is 342 g/mol. The number of benzene rings is 2. The first kappa shape index (κ1) is 19.2. The topological polar surface area (TPSA) is 61.9 Å². The number of hydrogen-bond donors (Lipinski definition) is 1. The van der Waals surface area contributed by atoms with Crippen molar-refractivity contribution in [3.63, 3.8) is 0 Å². The number of fused-ring (bicyclic) bond motifs is 1. The number of hydrogen-bond acceptors (Lipinski definition) is 4. The van der Waals surface area contributed by atoms with Crippen LogP contribution in [0.25, 0.3) is 10.8 Å². The maximum atomic E-state index is 12.5. The van der Waals surface area contributed by atoms with Crippen molar-refractivity contribution in [3.05, 3.63) is 48.0 Å². The summed E-state index contributed by atoms with van der Waals surface area (Å²) in [5, 5.41) is 5.44. The third kappa shape index (κ3) is 4.77. The van der Waals surface area contributed by atoms with E-state index in [0.29, 0.717) is 39.3 Å². The molecular formula is C21H27N3O3. The van der Waals surface area contributed by atoms with Gasteiger partial charge in [0, 0.05) is 26.2 Å². The Bertz CT molecular complexity index is 795. The van der Waals surface area contributed by atoms with Crippen molar-refractivity contribution in [1.29, 1.82) is 0 Å². The van der Waals surface area contributed by atoms with E-state index in [0.717, 1.165) is 10.9 Å². The molecule has 1 atom stereocenters. The van der Waals surface area contributed by atoms with Crippen LogP contribution in [0.1, 0.15) is 25.5 Å². The first-order valence-corrected chi connectivity index (χ1v) is 9.49. The summed E-state index contributed by atoms with van der Waals surface area (Å²) >= 11 is 0. The molecule has 1 fully saturated rings. The van der Waals surface area contributed by atoms with Gasteiger partial charge in [-0.1, -0.05) is 42.5 Å². The Morgan fingerprint density at radius 2 is 1.78 bits per heavy atom. The molecule has 2 amide bonds. The summed E-state index contributed by atoms with van der Waals surface area (Å²) in [6, 6.07) is 14.3. The quantitative estimate of drug-likeness (QED) is 0.880. The first-order valence-electron chi connectivity index (χ1n) is 9.49. The lowest BCUT2D eigenvalue weighted by molar-refractivity contribution is -0.123. The molecule has 1 aliphatic heterocycles. The largest absolute Gasteiger partial charge is 0.450 e. The van der Waals surface area contributed by atoms with Crippen molar-refractivity contribution in [2.24, 2.45) is 0 Å². The van der Waals surface area contributed by atoms with Crippen molar-refractivity contribution in [3.8, 4) is 0 Å². The van der Waals surface area contributed by atoms with Crippen LogP contribution in [0.3, 0.4) is 0 Å². The molecule has 1 aliphatic rings. The fraction of sp³-hybridized carbons (Fsp3) is 0.429. The van der Waals surface area contributed by atoms with Crippen LogP contribution < -0.4 is 5.32 Å². The van der Waals surface area contributed by atoms with Gasteiger partial charge in [0.2, 0.25) is 5.91 Å². The first-order chi connectivity index (χ1) is 13.1. The van der Waals surface area contributed by atoms with Gasteiger partial charge in [0.1, 0.15) is 0 Å². The van der Waals surface area contributed by atoms with Gasteiger partial charge in [-0.25, -0.2) is 4.79 Å². The molecule has 2 aromatic rings. The van der Waals surface area contributed by atoms with Crippen LogP contribution in [0, 0.1) is 0 Å². The molecule has 0 radical (unpaired) electrons. The minimum atomic E-state index is -0.272. The van der Waals surface area contributed by atoms with E-state index in [1.54, 1.807) is 11.8 Å². The van der Waals surface area contributed by atoms with Gasteiger partial charge in [0.25, 0.3) is 0 Å². The molecule has 27 heavy (non-hydrogen) atoms. The Kier molecular flexibility index (Phi) is 6.29. The third-order valence-electron chi connectivity index (χ3n) is 4.93. The third-order valence-corrected chi connectivity index (χ3v) is 4.93. The van der Waals surface area contributed by atoms with Gasteiger partial charge in [-0.3, -0.25) is 9.69 Å². The minimum Gasteiger partial charge on any atom is -0.450 e. The van der Waals surface area contributed by atoms with E-state index in [-0.39, 0.29) is 18.0 Å².